The number of para-hydroxylation sites is 1. The minimum absolute atomic E-state index is 0.793. The van der Waals surface area contributed by atoms with E-state index in [1.165, 1.54) is 43.4 Å². The van der Waals surface area contributed by atoms with Crippen molar-refractivity contribution in [1.29, 1.82) is 0 Å². The number of furan rings is 1. The molecule has 2 aromatic heterocycles. The van der Waals surface area contributed by atoms with E-state index in [4.69, 9.17) is 9.40 Å². The second-order valence-corrected chi connectivity index (χ2v) is 9.73. The van der Waals surface area contributed by atoms with Crippen LogP contribution in [0.2, 0.25) is 0 Å². The standard InChI is InChI=1S/C35H22N2O/c1-2-6-28-23(5-1)9-10-24-11-12-26-21-25(15-18-29(26)34(24)28)22-13-16-27(17-14-22)36-33-20-19-32-35(37-33)30-7-3-4-8-31(30)38-32/h1-21H,(H,36,37). The van der Waals surface area contributed by atoms with Gasteiger partial charge in [-0.1, -0.05) is 84.9 Å². The fraction of sp³-hybridized carbons (Fsp3) is 0. The van der Waals surface area contributed by atoms with Crippen LogP contribution in [0.1, 0.15) is 0 Å². The van der Waals surface area contributed by atoms with Gasteiger partial charge in [-0.3, -0.25) is 0 Å². The fourth-order valence-electron chi connectivity index (χ4n) is 5.57. The van der Waals surface area contributed by atoms with Crippen LogP contribution >= 0.6 is 0 Å². The van der Waals surface area contributed by atoms with Crippen molar-refractivity contribution in [2.45, 2.75) is 0 Å². The smallest absolute Gasteiger partial charge is 0.154 e. The number of rotatable bonds is 3. The summed E-state index contributed by atoms with van der Waals surface area (Å²) in [7, 11) is 0. The van der Waals surface area contributed by atoms with Gasteiger partial charge in [0.15, 0.2) is 5.58 Å². The Kier molecular flexibility index (Phi) is 4.52. The van der Waals surface area contributed by atoms with Gasteiger partial charge in [-0.15, -0.1) is 0 Å². The lowest BCUT2D eigenvalue weighted by molar-refractivity contribution is 0.668. The molecule has 8 rings (SSSR count). The number of anilines is 2. The van der Waals surface area contributed by atoms with E-state index in [1.807, 2.05) is 36.4 Å². The summed E-state index contributed by atoms with van der Waals surface area (Å²) in [6.45, 7) is 0. The molecule has 0 bridgehead atoms. The average Bonchev–Trinajstić information content (AvgIpc) is 3.35. The Balaban J connectivity index is 1.13. The first-order chi connectivity index (χ1) is 18.8. The summed E-state index contributed by atoms with van der Waals surface area (Å²) in [5.74, 6) is 0.793. The van der Waals surface area contributed by atoms with E-state index in [-0.39, 0.29) is 0 Å². The summed E-state index contributed by atoms with van der Waals surface area (Å²) >= 11 is 0. The highest BCUT2D eigenvalue weighted by molar-refractivity contribution is 6.20. The first kappa shape index (κ1) is 21.0. The molecule has 178 valence electrons. The molecule has 0 atom stereocenters. The number of hydrogen-bond acceptors (Lipinski definition) is 3. The van der Waals surface area contributed by atoms with E-state index in [1.54, 1.807) is 0 Å². The summed E-state index contributed by atoms with van der Waals surface area (Å²) in [6, 6.07) is 44.7. The van der Waals surface area contributed by atoms with Crippen LogP contribution < -0.4 is 5.32 Å². The molecular formula is C35H22N2O. The molecule has 3 nitrogen and oxygen atoms in total. The molecule has 3 heteroatoms. The van der Waals surface area contributed by atoms with E-state index in [2.05, 4.69) is 96.3 Å². The van der Waals surface area contributed by atoms with E-state index in [0.29, 0.717) is 0 Å². The third-order valence-corrected chi connectivity index (χ3v) is 7.44. The van der Waals surface area contributed by atoms with Crippen LogP contribution in [0.3, 0.4) is 0 Å². The van der Waals surface area contributed by atoms with Crippen LogP contribution in [-0.4, -0.2) is 4.98 Å². The van der Waals surface area contributed by atoms with Gasteiger partial charge in [0.2, 0.25) is 0 Å². The molecule has 0 aliphatic carbocycles. The van der Waals surface area contributed by atoms with Crippen molar-refractivity contribution in [3.63, 3.8) is 0 Å². The summed E-state index contributed by atoms with van der Waals surface area (Å²) in [4.78, 5) is 4.81. The van der Waals surface area contributed by atoms with E-state index >= 15 is 0 Å². The lowest BCUT2D eigenvalue weighted by Gasteiger charge is -2.11. The Morgan fingerprint density at radius 1 is 0.500 bits per heavy atom. The Bertz CT molecular complexity index is 2160. The van der Waals surface area contributed by atoms with Crippen molar-refractivity contribution < 1.29 is 4.42 Å². The van der Waals surface area contributed by atoms with Crippen molar-refractivity contribution in [3.05, 3.63) is 127 Å². The highest BCUT2D eigenvalue weighted by atomic mass is 16.3. The number of nitrogens with zero attached hydrogens (tertiary/aromatic N) is 1. The monoisotopic (exact) mass is 486 g/mol. The first-order valence-electron chi connectivity index (χ1n) is 12.8. The SMILES string of the molecule is c1ccc2c(c1)ccc1ccc3cc(-c4ccc(Nc5ccc6oc7ccccc7c6n5)cc4)ccc3c12. The first-order valence-corrected chi connectivity index (χ1v) is 12.8. The van der Waals surface area contributed by atoms with Crippen molar-refractivity contribution in [2.75, 3.05) is 5.32 Å². The molecule has 0 fully saturated rings. The molecule has 0 unspecified atom stereocenters. The van der Waals surface area contributed by atoms with Crippen LogP contribution in [0, 0.1) is 0 Å². The van der Waals surface area contributed by atoms with E-state index in [0.717, 1.165) is 33.6 Å². The van der Waals surface area contributed by atoms with Crippen LogP contribution in [0.4, 0.5) is 11.5 Å². The van der Waals surface area contributed by atoms with Crippen LogP contribution in [0.15, 0.2) is 132 Å². The minimum atomic E-state index is 0.793. The molecule has 2 heterocycles. The molecule has 0 saturated carbocycles. The Hall–Kier alpha value is -5.15. The van der Waals surface area contributed by atoms with Crippen molar-refractivity contribution in [3.8, 4) is 11.1 Å². The second kappa shape index (κ2) is 8.19. The zero-order valence-corrected chi connectivity index (χ0v) is 20.5. The van der Waals surface area contributed by atoms with Gasteiger partial charge >= 0.3 is 0 Å². The lowest BCUT2D eigenvalue weighted by Crippen LogP contribution is -1.93. The van der Waals surface area contributed by atoms with Crippen LogP contribution in [0.25, 0.3) is 65.5 Å². The normalized spacial score (nSPS) is 11.7. The van der Waals surface area contributed by atoms with Gasteiger partial charge in [0.05, 0.1) is 0 Å². The highest BCUT2D eigenvalue weighted by Gasteiger charge is 2.10. The van der Waals surface area contributed by atoms with Gasteiger partial charge in [-0.2, -0.15) is 0 Å². The molecule has 0 aliphatic heterocycles. The van der Waals surface area contributed by atoms with Gasteiger partial charge in [-0.25, -0.2) is 4.98 Å². The maximum absolute atomic E-state index is 5.91. The average molecular weight is 487 g/mol. The predicted molar refractivity (Wildman–Crippen MR) is 159 cm³/mol. The quantitative estimate of drug-likeness (QED) is 0.253. The molecule has 0 saturated heterocycles. The lowest BCUT2D eigenvalue weighted by atomic mass is 9.94. The van der Waals surface area contributed by atoms with Crippen molar-refractivity contribution >= 4 is 65.9 Å². The number of aromatic nitrogens is 1. The molecule has 6 aromatic carbocycles. The number of fused-ring (bicyclic) bond motifs is 8. The zero-order chi connectivity index (χ0) is 25.1. The number of benzene rings is 6. The number of nitrogens with one attached hydrogen (secondary N) is 1. The van der Waals surface area contributed by atoms with Gasteiger partial charge in [0.1, 0.15) is 16.9 Å². The minimum Gasteiger partial charge on any atom is -0.454 e. The van der Waals surface area contributed by atoms with E-state index in [9.17, 15) is 0 Å². The third kappa shape index (κ3) is 3.33. The fourth-order valence-corrected chi connectivity index (χ4v) is 5.57. The van der Waals surface area contributed by atoms with Gasteiger partial charge in [-0.05, 0) is 85.9 Å². The molecule has 0 radical (unpaired) electrons. The molecule has 1 N–H and O–H groups in total. The maximum atomic E-state index is 5.91. The zero-order valence-electron chi connectivity index (χ0n) is 20.5. The molecule has 8 aromatic rings. The Morgan fingerprint density at radius 2 is 1.21 bits per heavy atom. The molecular weight excluding hydrogens is 464 g/mol. The van der Waals surface area contributed by atoms with Crippen LogP contribution in [0.5, 0.6) is 0 Å². The summed E-state index contributed by atoms with van der Waals surface area (Å²) < 4.78 is 5.91. The summed E-state index contributed by atoms with van der Waals surface area (Å²) in [6.07, 6.45) is 0. The highest BCUT2D eigenvalue weighted by Crippen LogP contribution is 2.35. The van der Waals surface area contributed by atoms with Gasteiger partial charge < -0.3 is 9.73 Å². The molecule has 0 aliphatic rings. The summed E-state index contributed by atoms with van der Waals surface area (Å²) in [5.41, 5.74) is 5.90. The third-order valence-electron chi connectivity index (χ3n) is 7.44. The molecule has 38 heavy (non-hydrogen) atoms. The van der Waals surface area contributed by atoms with Crippen molar-refractivity contribution in [1.82, 2.24) is 4.98 Å². The van der Waals surface area contributed by atoms with Gasteiger partial charge in [0.25, 0.3) is 0 Å². The van der Waals surface area contributed by atoms with E-state index < -0.39 is 0 Å². The van der Waals surface area contributed by atoms with Gasteiger partial charge in [0, 0.05) is 11.1 Å². The Morgan fingerprint density at radius 3 is 2.11 bits per heavy atom. The number of hydrogen-bond donors (Lipinski definition) is 1. The Labute approximate surface area is 219 Å². The maximum Gasteiger partial charge on any atom is 0.154 e. The largest absolute Gasteiger partial charge is 0.454 e. The van der Waals surface area contributed by atoms with Crippen molar-refractivity contribution in [2.24, 2.45) is 0 Å². The topological polar surface area (TPSA) is 38.1 Å². The predicted octanol–water partition coefficient (Wildman–Crippen LogP) is 9.85. The summed E-state index contributed by atoms with van der Waals surface area (Å²) in [5, 5.41) is 12.2. The van der Waals surface area contributed by atoms with Crippen LogP contribution in [-0.2, 0) is 0 Å². The number of pyridine rings is 1. The molecule has 0 spiro atoms. The second-order valence-electron chi connectivity index (χ2n) is 9.73. The molecule has 0 amide bonds.